The zero-order valence-electron chi connectivity index (χ0n) is 15.3. The van der Waals surface area contributed by atoms with E-state index in [0.717, 1.165) is 28.9 Å². The van der Waals surface area contributed by atoms with Crippen LogP contribution in [-0.2, 0) is 0 Å². The van der Waals surface area contributed by atoms with E-state index in [1.807, 2.05) is 24.3 Å². The SMILES string of the molecule is CCCCCN(CCCC)c1ccc(N=Nc2ccc(Br)cc2)cc1. The van der Waals surface area contributed by atoms with Crippen LogP contribution in [0.25, 0.3) is 0 Å². The summed E-state index contributed by atoms with van der Waals surface area (Å²) in [5.74, 6) is 0. The van der Waals surface area contributed by atoms with Crippen molar-refractivity contribution in [1.29, 1.82) is 0 Å². The van der Waals surface area contributed by atoms with Crippen molar-refractivity contribution in [3.63, 3.8) is 0 Å². The minimum absolute atomic E-state index is 0.858. The zero-order valence-corrected chi connectivity index (χ0v) is 16.9. The topological polar surface area (TPSA) is 28.0 Å². The fourth-order valence-electron chi connectivity index (χ4n) is 2.62. The summed E-state index contributed by atoms with van der Waals surface area (Å²) in [5.41, 5.74) is 3.03. The smallest absolute Gasteiger partial charge is 0.0858 e. The molecule has 0 bridgehead atoms. The molecule has 0 N–H and O–H groups in total. The molecule has 3 nitrogen and oxygen atoms in total. The molecular weight excluding hydrogens is 374 g/mol. The van der Waals surface area contributed by atoms with Gasteiger partial charge in [-0.25, -0.2) is 0 Å². The monoisotopic (exact) mass is 401 g/mol. The fourth-order valence-corrected chi connectivity index (χ4v) is 2.89. The molecule has 0 saturated heterocycles. The molecule has 2 rings (SSSR count). The van der Waals surface area contributed by atoms with Crippen LogP contribution in [-0.4, -0.2) is 13.1 Å². The molecule has 25 heavy (non-hydrogen) atoms. The molecule has 0 amide bonds. The average Bonchev–Trinajstić information content (AvgIpc) is 2.65. The van der Waals surface area contributed by atoms with Crippen LogP contribution in [0.15, 0.2) is 63.2 Å². The van der Waals surface area contributed by atoms with E-state index in [2.05, 4.69) is 69.2 Å². The number of halogens is 1. The predicted molar refractivity (Wildman–Crippen MR) is 111 cm³/mol. The van der Waals surface area contributed by atoms with Gasteiger partial charge in [0.2, 0.25) is 0 Å². The fraction of sp³-hybridized carbons (Fsp3) is 0.429. The normalized spacial score (nSPS) is 11.2. The zero-order chi connectivity index (χ0) is 17.9. The summed E-state index contributed by atoms with van der Waals surface area (Å²) in [6.07, 6.45) is 6.27. The van der Waals surface area contributed by atoms with E-state index in [1.54, 1.807) is 0 Å². The number of benzene rings is 2. The van der Waals surface area contributed by atoms with Crippen molar-refractivity contribution >= 4 is 33.0 Å². The molecule has 0 unspecified atom stereocenters. The Morgan fingerprint density at radius 3 is 1.80 bits per heavy atom. The van der Waals surface area contributed by atoms with Gasteiger partial charge in [0.25, 0.3) is 0 Å². The van der Waals surface area contributed by atoms with Crippen LogP contribution in [0.1, 0.15) is 46.0 Å². The summed E-state index contributed by atoms with van der Waals surface area (Å²) in [7, 11) is 0. The van der Waals surface area contributed by atoms with E-state index in [1.165, 1.54) is 37.8 Å². The molecule has 0 aliphatic rings. The summed E-state index contributed by atoms with van der Waals surface area (Å²) in [6, 6.07) is 16.3. The molecule has 0 atom stereocenters. The lowest BCUT2D eigenvalue weighted by Gasteiger charge is -2.24. The van der Waals surface area contributed by atoms with Crippen molar-refractivity contribution in [3.8, 4) is 0 Å². The lowest BCUT2D eigenvalue weighted by molar-refractivity contribution is 0.653. The third-order valence-corrected chi connectivity index (χ3v) is 4.66. The second-order valence-corrected chi connectivity index (χ2v) is 7.16. The van der Waals surface area contributed by atoms with E-state index >= 15 is 0 Å². The highest BCUT2D eigenvalue weighted by Gasteiger charge is 2.05. The Balaban J connectivity index is 2.01. The number of azo groups is 1. The first kappa shape index (κ1) is 19.6. The molecule has 2 aromatic carbocycles. The van der Waals surface area contributed by atoms with Gasteiger partial charge in [-0.05, 0) is 61.4 Å². The Morgan fingerprint density at radius 1 is 0.720 bits per heavy atom. The van der Waals surface area contributed by atoms with Crippen molar-refractivity contribution in [2.24, 2.45) is 10.2 Å². The molecule has 0 saturated carbocycles. The summed E-state index contributed by atoms with van der Waals surface area (Å²) in [5, 5.41) is 8.63. The second kappa shape index (κ2) is 11.0. The number of hydrogen-bond acceptors (Lipinski definition) is 3. The van der Waals surface area contributed by atoms with E-state index in [0.29, 0.717) is 0 Å². The summed E-state index contributed by atoms with van der Waals surface area (Å²) in [4.78, 5) is 2.49. The Hall–Kier alpha value is -1.68. The van der Waals surface area contributed by atoms with E-state index in [-0.39, 0.29) is 0 Å². The van der Waals surface area contributed by atoms with Crippen molar-refractivity contribution < 1.29 is 0 Å². The highest BCUT2D eigenvalue weighted by molar-refractivity contribution is 9.10. The van der Waals surface area contributed by atoms with Gasteiger partial charge in [-0.2, -0.15) is 10.2 Å². The maximum absolute atomic E-state index is 4.34. The molecule has 134 valence electrons. The highest BCUT2D eigenvalue weighted by Crippen LogP contribution is 2.24. The quantitative estimate of drug-likeness (QED) is 0.296. The van der Waals surface area contributed by atoms with Crippen LogP contribution in [0.3, 0.4) is 0 Å². The molecule has 2 aromatic rings. The Bertz CT molecular complexity index is 635. The van der Waals surface area contributed by atoms with Gasteiger partial charge in [-0.1, -0.05) is 49.0 Å². The van der Waals surface area contributed by atoms with Gasteiger partial charge in [0.1, 0.15) is 0 Å². The third-order valence-electron chi connectivity index (χ3n) is 4.14. The van der Waals surface area contributed by atoms with Gasteiger partial charge in [0, 0.05) is 23.2 Å². The highest BCUT2D eigenvalue weighted by atomic mass is 79.9. The van der Waals surface area contributed by atoms with Crippen LogP contribution in [0.5, 0.6) is 0 Å². The minimum Gasteiger partial charge on any atom is -0.372 e. The van der Waals surface area contributed by atoms with Crippen molar-refractivity contribution in [1.82, 2.24) is 0 Å². The van der Waals surface area contributed by atoms with Crippen LogP contribution in [0.4, 0.5) is 17.1 Å². The molecule has 0 spiro atoms. The number of hydrogen-bond donors (Lipinski definition) is 0. The first-order chi connectivity index (χ1) is 12.2. The number of anilines is 1. The Labute approximate surface area is 160 Å². The van der Waals surface area contributed by atoms with Crippen LogP contribution >= 0.6 is 15.9 Å². The van der Waals surface area contributed by atoms with Crippen LogP contribution < -0.4 is 4.90 Å². The molecule has 4 heteroatoms. The molecule has 0 fully saturated rings. The van der Waals surface area contributed by atoms with E-state index in [4.69, 9.17) is 0 Å². The molecule has 0 heterocycles. The van der Waals surface area contributed by atoms with Gasteiger partial charge >= 0.3 is 0 Å². The average molecular weight is 402 g/mol. The molecule has 0 aromatic heterocycles. The maximum Gasteiger partial charge on any atom is 0.0858 e. The summed E-state index contributed by atoms with van der Waals surface area (Å²) < 4.78 is 1.05. The van der Waals surface area contributed by atoms with Crippen molar-refractivity contribution in [2.45, 2.75) is 46.0 Å². The van der Waals surface area contributed by atoms with Gasteiger partial charge in [-0.3, -0.25) is 0 Å². The van der Waals surface area contributed by atoms with Crippen LogP contribution in [0.2, 0.25) is 0 Å². The largest absolute Gasteiger partial charge is 0.372 e. The van der Waals surface area contributed by atoms with Gasteiger partial charge in [0.05, 0.1) is 11.4 Å². The molecule has 0 aliphatic heterocycles. The van der Waals surface area contributed by atoms with Crippen molar-refractivity contribution in [2.75, 3.05) is 18.0 Å². The third kappa shape index (κ3) is 6.99. The maximum atomic E-state index is 4.34. The van der Waals surface area contributed by atoms with Gasteiger partial charge < -0.3 is 4.90 Å². The van der Waals surface area contributed by atoms with E-state index in [9.17, 15) is 0 Å². The molecule has 0 radical (unpaired) electrons. The predicted octanol–water partition coefficient (Wildman–Crippen LogP) is 7.66. The Kier molecular flexibility index (Phi) is 8.67. The van der Waals surface area contributed by atoms with Crippen LogP contribution in [0, 0.1) is 0 Å². The first-order valence-electron chi connectivity index (χ1n) is 9.25. The van der Waals surface area contributed by atoms with Gasteiger partial charge in [0.15, 0.2) is 0 Å². The van der Waals surface area contributed by atoms with Gasteiger partial charge in [-0.15, -0.1) is 0 Å². The first-order valence-corrected chi connectivity index (χ1v) is 10.0. The lowest BCUT2D eigenvalue weighted by Crippen LogP contribution is -2.25. The molecular formula is C21H28BrN3. The summed E-state index contributed by atoms with van der Waals surface area (Å²) in [6.45, 7) is 6.75. The number of unbranched alkanes of at least 4 members (excludes halogenated alkanes) is 3. The standard InChI is InChI=1S/C21H28BrN3/c1-3-5-7-17-25(16-6-4-2)21-14-12-20(13-15-21)24-23-19-10-8-18(22)9-11-19/h8-15H,3-7,16-17H2,1-2H3. The lowest BCUT2D eigenvalue weighted by atomic mass is 10.2. The van der Waals surface area contributed by atoms with Crippen molar-refractivity contribution in [3.05, 3.63) is 53.0 Å². The number of rotatable bonds is 10. The second-order valence-electron chi connectivity index (χ2n) is 6.24. The summed E-state index contributed by atoms with van der Waals surface area (Å²) >= 11 is 3.43. The number of nitrogens with zero attached hydrogens (tertiary/aromatic N) is 3. The van der Waals surface area contributed by atoms with E-state index < -0.39 is 0 Å². The minimum atomic E-state index is 0.858. The molecule has 0 aliphatic carbocycles. The Morgan fingerprint density at radius 2 is 1.24 bits per heavy atom.